The zero-order valence-electron chi connectivity index (χ0n) is 15.8. The Morgan fingerprint density at radius 1 is 0.619 bits per heavy atom. The van der Waals surface area contributed by atoms with Gasteiger partial charge in [0.25, 0.3) is 0 Å². The second kappa shape index (κ2) is 13.6. The summed E-state index contributed by atoms with van der Waals surface area (Å²) >= 11 is 0. The van der Waals surface area contributed by atoms with E-state index in [4.69, 9.17) is 0 Å². The predicted octanol–water partition coefficient (Wildman–Crippen LogP) is 4.94. The molecule has 0 radical (unpaired) electrons. The lowest BCUT2D eigenvalue weighted by Gasteiger charge is -2.25. The standard InChI is InChI=1S/C19H43N2/c1-6-7-8-9-10-11-12-13-14-15-17-20(2)18-16-19-21(3,4)5/h6-19H2,1-5H3/q+1. The third kappa shape index (κ3) is 17.9. The van der Waals surface area contributed by atoms with E-state index < -0.39 is 0 Å². The SMILES string of the molecule is CCCCCCCCCCCCN(C)CCC[N+](C)(C)C. The number of hydrogen-bond donors (Lipinski definition) is 0. The molecule has 0 saturated heterocycles. The highest BCUT2D eigenvalue weighted by Crippen LogP contribution is 2.10. The van der Waals surface area contributed by atoms with E-state index in [0.717, 1.165) is 4.48 Å². The minimum atomic E-state index is 1.09. The Kier molecular flexibility index (Phi) is 13.5. The van der Waals surface area contributed by atoms with Gasteiger partial charge in [-0.1, -0.05) is 64.7 Å². The summed E-state index contributed by atoms with van der Waals surface area (Å²) in [4.78, 5) is 2.51. The largest absolute Gasteiger partial charge is 0.331 e. The molecule has 0 bridgehead atoms. The highest BCUT2D eigenvalue weighted by molar-refractivity contribution is 4.53. The molecule has 0 unspecified atom stereocenters. The second-order valence-corrected chi connectivity index (χ2v) is 7.85. The first-order valence-corrected chi connectivity index (χ1v) is 9.44. The molecule has 0 aliphatic carbocycles. The number of nitrogens with zero attached hydrogens (tertiary/aromatic N) is 2. The summed E-state index contributed by atoms with van der Waals surface area (Å²) in [6.45, 7) is 6.11. The average molecular weight is 300 g/mol. The van der Waals surface area contributed by atoms with Crippen LogP contribution in [0.25, 0.3) is 0 Å². The van der Waals surface area contributed by atoms with Crippen LogP contribution in [0.4, 0.5) is 0 Å². The summed E-state index contributed by atoms with van der Waals surface area (Å²) in [5.41, 5.74) is 0. The van der Waals surface area contributed by atoms with E-state index in [1.807, 2.05) is 0 Å². The molecule has 0 N–H and O–H groups in total. The van der Waals surface area contributed by atoms with Crippen LogP contribution in [0, 0.1) is 0 Å². The molecular formula is C19H43N2+. The Bertz CT molecular complexity index is 208. The molecule has 0 amide bonds. The molecule has 0 aromatic carbocycles. The van der Waals surface area contributed by atoms with Gasteiger partial charge in [0.1, 0.15) is 0 Å². The van der Waals surface area contributed by atoms with E-state index in [0.29, 0.717) is 0 Å². The smallest absolute Gasteiger partial charge is 0.0792 e. The van der Waals surface area contributed by atoms with E-state index >= 15 is 0 Å². The van der Waals surface area contributed by atoms with Crippen LogP contribution in [0.5, 0.6) is 0 Å². The van der Waals surface area contributed by atoms with Crippen LogP contribution < -0.4 is 0 Å². The second-order valence-electron chi connectivity index (χ2n) is 7.85. The van der Waals surface area contributed by atoms with E-state index in [2.05, 4.69) is 40.0 Å². The molecule has 0 rings (SSSR count). The van der Waals surface area contributed by atoms with Gasteiger partial charge in [-0.05, 0) is 20.0 Å². The van der Waals surface area contributed by atoms with Crippen LogP contribution in [0.2, 0.25) is 0 Å². The fourth-order valence-electron chi connectivity index (χ4n) is 2.80. The van der Waals surface area contributed by atoms with Gasteiger partial charge in [-0.2, -0.15) is 0 Å². The van der Waals surface area contributed by atoms with E-state index in [9.17, 15) is 0 Å². The molecule has 0 heterocycles. The lowest BCUT2D eigenvalue weighted by molar-refractivity contribution is -0.870. The summed E-state index contributed by atoms with van der Waals surface area (Å²) in [6.07, 6.45) is 15.7. The van der Waals surface area contributed by atoms with Crippen molar-refractivity contribution in [2.75, 3.05) is 47.8 Å². The van der Waals surface area contributed by atoms with Crippen molar-refractivity contribution in [1.29, 1.82) is 0 Å². The molecule has 21 heavy (non-hydrogen) atoms. The first kappa shape index (κ1) is 20.9. The Balaban J connectivity index is 3.20. The fourth-order valence-corrected chi connectivity index (χ4v) is 2.80. The normalized spacial score (nSPS) is 12.3. The van der Waals surface area contributed by atoms with Gasteiger partial charge in [-0.25, -0.2) is 0 Å². The Morgan fingerprint density at radius 2 is 1.05 bits per heavy atom. The van der Waals surface area contributed by atoms with Gasteiger partial charge in [-0.15, -0.1) is 0 Å². The molecule has 0 aromatic heterocycles. The lowest BCUT2D eigenvalue weighted by Crippen LogP contribution is -2.37. The van der Waals surface area contributed by atoms with Crippen molar-refractivity contribution in [2.45, 2.75) is 77.6 Å². The van der Waals surface area contributed by atoms with Gasteiger partial charge in [0.15, 0.2) is 0 Å². The van der Waals surface area contributed by atoms with E-state index in [1.165, 1.54) is 90.3 Å². The maximum absolute atomic E-state index is 2.51. The third-order valence-corrected chi connectivity index (χ3v) is 4.26. The minimum absolute atomic E-state index is 1.09. The Morgan fingerprint density at radius 3 is 1.52 bits per heavy atom. The van der Waals surface area contributed by atoms with Crippen molar-refractivity contribution in [3.8, 4) is 0 Å². The minimum Gasteiger partial charge on any atom is -0.331 e. The first-order valence-electron chi connectivity index (χ1n) is 9.44. The molecular weight excluding hydrogens is 256 g/mol. The third-order valence-electron chi connectivity index (χ3n) is 4.26. The van der Waals surface area contributed by atoms with Crippen LogP contribution in [0.15, 0.2) is 0 Å². The summed E-state index contributed by atoms with van der Waals surface area (Å²) in [5, 5.41) is 0. The number of rotatable bonds is 15. The van der Waals surface area contributed by atoms with E-state index in [1.54, 1.807) is 0 Å². The van der Waals surface area contributed by atoms with Gasteiger partial charge in [-0.3, -0.25) is 0 Å². The zero-order chi connectivity index (χ0) is 16.0. The van der Waals surface area contributed by atoms with Crippen LogP contribution >= 0.6 is 0 Å². The molecule has 0 aliphatic heterocycles. The summed E-state index contributed by atoms with van der Waals surface area (Å²) in [7, 11) is 9.12. The van der Waals surface area contributed by atoms with Crippen molar-refractivity contribution in [1.82, 2.24) is 4.90 Å². The number of quaternary nitrogens is 1. The van der Waals surface area contributed by atoms with Gasteiger partial charge in [0.05, 0.1) is 27.7 Å². The predicted molar refractivity (Wildman–Crippen MR) is 96.9 cm³/mol. The van der Waals surface area contributed by atoms with Crippen molar-refractivity contribution in [2.24, 2.45) is 0 Å². The molecule has 0 aromatic rings. The fraction of sp³-hybridized carbons (Fsp3) is 1.00. The van der Waals surface area contributed by atoms with E-state index in [-0.39, 0.29) is 0 Å². The molecule has 0 aliphatic rings. The Hall–Kier alpha value is -0.0800. The maximum atomic E-state index is 2.51. The zero-order valence-corrected chi connectivity index (χ0v) is 15.8. The molecule has 0 spiro atoms. The first-order chi connectivity index (χ1) is 9.95. The summed E-state index contributed by atoms with van der Waals surface area (Å²) in [5.74, 6) is 0. The molecule has 0 saturated carbocycles. The van der Waals surface area contributed by atoms with Crippen molar-refractivity contribution in [3.63, 3.8) is 0 Å². The summed E-state index contributed by atoms with van der Waals surface area (Å²) < 4.78 is 1.09. The molecule has 2 heteroatoms. The lowest BCUT2D eigenvalue weighted by atomic mass is 10.1. The average Bonchev–Trinajstić information content (AvgIpc) is 2.39. The quantitative estimate of drug-likeness (QED) is 0.306. The molecule has 2 nitrogen and oxygen atoms in total. The monoisotopic (exact) mass is 299 g/mol. The molecule has 0 fully saturated rings. The van der Waals surface area contributed by atoms with Crippen LogP contribution in [-0.4, -0.2) is 57.2 Å². The topological polar surface area (TPSA) is 3.24 Å². The number of hydrogen-bond acceptors (Lipinski definition) is 1. The van der Waals surface area contributed by atoms with Gasteiger partial charge in [0, 0.05) is 13.0 Å². The molecule has 0 atom stereocenters. The van der Waals surface area contributed by atoms with Gasteiger partial charge in [0.2, 0.25) is 0 Å². The Labute approximate surface area is 135 Å². The number of unbranched alkanes of at least 4 members (excludes halogenated alkanes) is 9. The van der Waals surface area contributed by atoms with Gasteiger partial charge >= 0.3 is 0 Å². The van der Waals surface area contributed by atoms with Gasteiger partial charge < -0.3 is 9.38 Å². The van der Waals surface area contributed by atoms with Crippen molar-refractivity contribution < 1.29 is 4.48 Å². The van der Waals surface area contributed by atoms with Crippen LogP contribution in [0.3, 0.4) is 0 Å². The highest BCUT2D eigenvalue weighted by Gasteiger charge is 2.07. The molecule has 128 valence electrons. The van der Waals surface area contributed by atoms with Crippen LogP contribution in [-0.2, 0) is 0 Å². The van der Waals surface area contributed by atoms with Crippen LogP contribution in [0.1, 0.15) is 77.6 Å². The van der Waals surface area contributed by atoms with Crippen molar-refractivity contribution >= 4 is 0 Å². The van der Waals surface area contributed by atoms with Crippen molar-refractivity contribution in [3.05, 3.63) is 0 Å². The highest BCUT2D eigenvalue weighted by atomic mass is 15.3. The maximum Gasteiger partial charge on any atom is 0.0792 e. The summed E-state index contributed by atoms with van der Waals surface area (Å²) in [6, 6.07) is 0.